The number of anilines is 1. The van der Waals surface area contributed by atoms with Crippen molar-refractivity contribution in [2.75, 3.05) is 18.1 Å². The maximum Gasteiger partial charge on any atom is 0.255 e. The lowest BCUT2D eigenvalue weighted by atomic mass is 9.99. The van der Waals surface area contributed by atoms with Crippen LogP contribution < -0.4 is 4.90 Å². The number of alkyl halides is 1. The topological polar surface area (TPSA) is 25.2 Å². The number of benzene rings is 2. The molecule has 29 heavy (non-hydrogen) atoms. The van der Waals surface area contributed by atoms with Gasteiger partial charge in [-0.1, -0.05) is 49.2 Å². The van der Waals surface area contributed by atoms with Crippen LogP contribution in [0.2, 0.25) is 0 Å². The number of rotatable bonds is 7. The van der Waals surface area contributed by atoms with Crippen LogP contribution in [-0.2, 0) is 0 Å². The molecule has 2 aromatic carbocycles. The molecule has 3 nitrogen and oxygen atoms in total. The molecule has 0 saturated carbocycles. The zero-order valence-corrected chi connectivity index (χ0v) is 16.4. The number of allylic oxidation sites excluding steroid dienone is 3. The minimum absolute atomic E-state index is 0.0553. The first-order valence-electron chi connectivity index (χ1n) is 10.2. The number of fused-ring (bicyclic) bond motifs is 2. The van der Waals surface area contributed by atoms with Crippen LogP contribution in [0.15, 0.2) is 79.1 Å². The summed E-state index contributed by atoms with van der Waals surface area (Å²) in [5.41, 5.74) is 4.00. The van der Waals surface area contributed by atoms with Gasteiger partial charge in [-0.05, 0) is 42.7 Å². The normalized spacial score (nSPS) is 14.5. The van der Waals surface area contributed by atoms with E-state index in [-0.39, 0.29) is 12.6 Å². The van der Waals surface area contributed by atoms with Crippen molar-refractivity contribution in [3.05, 3.63) is 84.7 Å². The van der Waals surface area contributed by atoms with E-state index in [4.69, 9.17) is 0 Å². The van der Waals surface area contributed by atoms with Gasteiger partial charge >= 0.3 is 0 Å². The molecule has 4 heteroatoms. The third kappa shape index (κ3) is 4.16. The van der Waals surface area contributed by atoms with Crippen molar-refractivity contribution in [1.82, 2.24) is 4.57 Å². The Hall–Kier alpha value is -3.14. The summed E-state index contributed by atoms with van der Waals surface area (Å²) in [4.78, 5) is 15.2. The summed E-state index contributed by atoms with van der Waals surface area (Å²) in [5.74, 6) is -0.0553. The molecule has 1 aliphatic rings. The fourth-order valence-corrected chi connectivity index (χ4v) is 3.84. The molecule has 0 unspecified atom stereocenters. The summed E-state index contributed by atoms with van der Waals surface area (Å²) >= 11 is 0. The largest absolute Gasteiger partial charge is 0.347 e. The second kappa shape index (κ2) is 8.91. The van der Waals surface area contributed by atoms with E-state index in [2.05, 4.69) is 17.0 Å². The van der Waals surface area contributed by atoms with Gasteiger partial charge in [-0.2, -0.15) is 0 Å². The summed E-state index contributed by atoms with van der Waals surface area (Å²) in [6.07, 6.45) is 11.2. The lowest BCUT2D eigenvalue weighted by Crippen LogP contribution is -2.21. The fraction of sp³-hybridized carbons (Fsp3) is 0.240. The molecule has 0 aliphatic carbocycles. The maximum atomic E-state index is 13.0. The average Bonchev–Trinajstić information content (AvgIpc) is 3.19. The molecule has 1 aromatic heterocycles. The molecular weight excluding hydrogens is 363 g/mol. The molecule has 0 N–H and O–H groups in total. The minimum Gasteiger partial charge on any atom is -0.347 e. The van der Waals surface area contributed by atoms with Gasteiger partial charge in [0.15, 0.2) is 0 Å². The summed E-state index contributed by atoms with van der Waals surface area (Å²) in [5, 5.41) is 1.05. The van der Waals surface area contributed by atoms with Crippen molar-refractivity contribution >= 4 is 28.1 Å². The Morgan fingerprint density at radius 2 is 1.72 bits per heavy atom. The van der Waals surface area contributed by atoms with Crippen molar-refractivity contribution < 1.29 is 9.18 Å². The van der Waals surface area contributed by atoms with Gasteiger partial charge in [0.1, 0.15) is 0 Å². The Kier molecular flexibility index (Phi) is 5.89. The second-order valence-corrected chi connectivity index (χ2v) is 7.31. The summed E-state index contributed by atoms with van der Waals surface area (Å²) in [7, 11) is 0. The van der Waals surface area contributed by atoms with Gasteiger partial charge in [-0.15, -0.1) is 0 Å². The smallest absolute Gasteiger partial charge is 0.255 e. The number of carbonyl (C=O) groups excluding carboxylic acids is 1. The summed E-state index contributed by atoms with van der Waals surface area (Å²) in [6.45, 7) is 0.661. The minimum atomic E-state index is -0.231. The highest BCUT2D eigenvalue weighted by molar-refractivity contribution is 6.05. The van der Waals surface area contributed by atoms with E-state index in [1.54, 1.807) is 10.6 Å². The quantitative estimate of drug-likeness (QED) is 0.354. The number of aromatic nitrogens is 1. The molecular formula is C25H25FN2O. The SMILES string of the molecule is O=C(/C=C1\C=CN(CCCCCCF)c2ccccc21)n1ccc2ccccc21. The van der Waals surface area contributed by atoms with Gasteiger partial charge in [0.25, 0.3) is 5.91 Å². The molecule has 4 rings (SSSR count). The average molecular weight is 388 g/mol. The van der Waals surface area contributed by atoms with Crippen molar-refractivity contribution in [2.45, 2.75) is 25.7 Å². The molecule has 0 amide bonds. The van der Waals surface area contributed by atoms with Crippen LogP contribution in [0.3, 0.4) is 0 Å². The van der Waals surface area contributed by atoms with E-state index in [0.29, 0.717) is 6.42 Å². The molecule has 2 heterocycles. The Morgan fingerprint density at radius 3 is 2.62 bits per heavy atom. The first-order chi connectivity index (χ1) is 14.3. The highest BCUT2D eigenvalue weighted by Gasteiger charge is 2.17. The number of halogens is 1. The predicted molar refractivity (Wildman–Crippen MR) is 118 cm³/mol. The van der Waals surface area contributed by atoms with Crippen molar-refractivity contribution in [2.24, 2.45) is 0 Å². The number of unbranched alkanes of at least 4 members (excludes halogenated alkanes) is 3. The molecule has 0 saturated heterocycles. The van der Waals surface area contributed by atoms with Crippen molar-refractivity contribution in [3.8, 4) is 0 Å². The molecule has 3 aromatic rings. The number of hydrogen-bond donors (Lipinski definition) is 0. The van der Waals surface area contributed by atoms with Gasteiger partial charge in [0.2, 0.25) is 0 Å². The van der Waals surface area contributed by atoms with E-state index in [1.165, 1.54) is 0 Å². The lowest BCUT2D eigenvalue weighted by Gasteiger charge is -2.27. The van der Waals surface area contributed by atoms with Gasteiger partial charge in [0, 0.05) is 41.7 Å². The molecule has 1 aliphatic heterocycles. The standard InChI is InChI=1S/C25H25FN2O/c26-15-7-1-2-8-16-27-17-13-21(22-10-4-6-12-24(22)27)19-25(29)28-18-14-20-9-3-5-11-23(20)28/h3-6,9-14,17-19H,1-2,7-8,15-16H2/b21-19+. The van der Waals surface area contributed by atoms with Crippen LogP contribution in [0, 0.1) is 0 Å². The predicted octanol–water partition coefficient (Wildman–Crippen LogP) is 6.23. The van der Waals surface area contributed by atoms with Gasteiger partial charge < -0.3 is 4.90 Å². The van der Waals surface area contributed by atoms with Crippen LogP contribution >= 0.6 is 0 Å². The van der Waals surface area contributed by atoms with Gasteiger partial charge in [-0.25, -0.2) is 0 Å². The molecule has 0 radical (unpaired) electrons. The van der Waals surface area contributed by atoms with Crippen LogP contribution in [0.5, 0.6) is 0 Å². The Morgan fingerprint density at radius 1 is 0.931 bits per heavy atom. The number of para-hydroxylation sites is 2. The molecule has 0 atom stereocenters. The van der Waals surface area contributed by atoms with Gasteiger partial charge in [0.05, 0.1) is 12.2 Å². The third-order valence-electron chi connectivity index (χ3n) is 5.36. The molecule has 0 bridgehead atoms. The van der Waals surface area contributed by atoms with E-state index >= 15 is 0 Å². The number of carbonyl (C=O) groups is 1. The van der Waals surface area contributed by atoms with E-state index in [9.17, 15) is 9.18 Å². The fourth-order valence-electron chi connectivity index (χ4n) is 3.84. The first kappa shape index (κ1) is 19.2. The van der Waals surface area contributed by atoms with E-state index < -0.39 is 0 Å². The summed E-state index contributed by atoms with van der Waals surface area (Å²) < 4.78 is 13.9. The Balaban J connectivity index is 1.56. The van der Waals surface area contributed by atoms with Crippen LogP contribution in [-0.4, -0.2) is 23.7 Å². The van der Waals surface area contributed by atoms with E-state index in [1.807, 2.05) is 60.9 Å². The second-order valence-electron chi connectivity index (χ2n) is 7.31. The highest BCUT2D eigenvalue weighted by Crippen LogP contribution is 2.33. The van der Waals surface area contributed by atoms with Crippen molar-refractivity contribution in [3.63, 3.8) is 0 Å². The number of nitrogens with zero attached hydrogens (tertiary/aromatic N) is 2. The number of hydrogen-bond acceptors (Lipinski definition) is 2. The zero-order valence-electron chi connectivity index (χ0n) is 16.4. The van der Waals surface area contributed by atoms with Crippen LogP contribution in [0.1, 0.15) is 36.0 Å². The molecule has 148 valence electrons. The Bertz CT molecular complexity index is 1060. The summed E-state index contributed by atoms with van der Waals surface area (Å²) in [6, 6.07) is 18.0. The van der Waals surface area contributed by atoms with Crippen LogP contribution in [0.25, 0.3) is 16.5 Å². The van der Waals surface area contributed by atoms with Crippen molar-refractivity contribution in [1.29, 1.82) is 0 Å². The van der Waals surface area contributed by atoms with Gasteiger partial charge in [-0.3, -0.25) is 13.8 Å². The zero-order chi connectivity index (χ0) is 20.1. The third-order valence-corrected chi connectivity index (χ3v) is 5.36. The lowest BCUT2D eigenvalue weighted by molar-refractivity contribution is 0.0974. The monoisotopic (exact) mass is 388 g/mol. The molecule has 0 spiro atoms. The van der Waals surface area contributed by atoms with E-state index in [0.717, 1.165) is 53.5 Å². The van der Waals surface area contributed by atoms with Crippen LogP contribution in [0.4, 0.5) is 10.1 Å². The molecule has 0 fully saturated rings. The Labute approximate surface area is 170 Å². The maximum absolute atomic E-state index is 13.0. The highest BCUT2D eigenvalue weighted by atomic mass is 19.1. The first-order valence-corrected chi connectivity index (χ1v) is 10.2.